The number of hydrogen-bond donors (Lipinski definition) is 0. The second-order valence-corrected chi connectivity index (χ2v) is 5.13. The van der Waals surface area contributed by atoms with Crippen LogP contribution in [-0.4, -0.2) is 50.0 Å². The van der Waals surface area contributed by atoms with Gasteiger partial charge in [-0.05, 0) is 17.7 Å². The molecule has 21 heavy (non-hydrogen) atoms. The summed E-state index contributed by atoms with van der Waals surface area (Å²) in [6.07, 6.45) is 1.59. The van der Waals surface area contributed by atoms with Crippen molar-refractivity contribution in [3.8, 4) is 5.75 Å². The molecule has 1 aromatic rings. The molecule has 0 saturated carbocycles. The monoisotopic (exact) mass is 291 g/mol. The van der Waals surface area contributed by atoms with Crippen molar-refractivity contribution in [2.45, 2.75) is 19.3 Å². The van der Waals surface area contributed by atoms with Crippen LogP contribution in [0.1, 0.15) is 18.4 Å². The first kappa shape index (κ1) is 15.5. The molecule has 1 aliphatic rings. The molecule has 0 amide bonds. The first-order chi connectivity index (χ1) is 10.2. The van der Waals surface area contributed by atoms with Crippen LogP contribution in [0.3, 0.4) is 0 Å². The van der Waals surface area contributed by atoms with E-state index in [0.29, 0.717) is 25.2 Å². The highest BCUT2D eigenvalue weighted by Crippen LogP contribution is 2.13. The van der Waals surface area contributed by atoms with E-state index in [2.05, 4.69) is 9.64 Å². The number of carbonyl (C=O) groups excluding carboxylic acids is 2. The van der Waals surface area contributed by atoms with Gasteiger partial charge in [-0.1, -0.05) is 12.1 Å². The largest absolute Gasteiger partial charge is 0.492 e. The van der Waals surface area contributed by atoms with E-state index in [9.17, 15) is 9.59 Å². The van der Waals surface area contributed by atoms with E-state index in [0.717, 1.165) is 30.9 Å². The lowest BCUT2D eigenvalue weighted by Crippen LogP contribution is -2.36. The maximum Gasteiger partial charge on any atom is 0.309 e. The van der Waals surface area contributed by atoms with Gasteiger partial charge in [-0.2, -0.15) is 0 Å². The van der Waals surface area contributed by atoms with Crippen molar-refractivity contribution in [3.63, 3.8) is 0 Å². The molecule has 114 valence electrons. The summed E-state index contributed by atoms with van der Waals surface area (Å²) >= 11 is 0. The summed E-state index contributed by atoms with van der Waals surface area (Å²) in [5, 5.41) is 0. The Morgan fingerprint density at radius 2 is 1.86 bits per heavy atom. The second-order valence-electron chi connectivity index (χ2n) is 5.13. The van der Waals surface area contributed by atoms with Crippen molar-refractivity contribution in [1.29, 1.82) is 0 Å². The lowest BCUT2D eigenvalue weighted by Gasteiger charge is -2.25. The first-order valence-electron chi connectivity index (χ1n) is 7.20. The van der Waals surface area contributed by atoms with Crippen molar-refractivity contribution in [1.82, 2.24) is 4.90 Å². The zero-order valence-corrected chi connectivity index (χ0v) is 12.3. The minimum atomic E-state index is -0.247. The summed E-state index contributed by atoms with van der Waals surface area (Å²) in [4.78, 5) is 24.5. The first-order valence-corrected chi connectivity index (χ1v) is 7.20. The van der Waals surface area contributed by atoms with Gasteiger partial charge in [-0.15, -0.1) is 0 Å². The highest BCUT2D eigenvalue weighted by atomic mass is 16.5. The molecule has 1 saturated heterocycles. The number of rotatable bonds is 6. The molecule has 0 unspecified atom stereocenters. The van der Waals surface area contributed by atoms with E-state index in [4.69, 9.17) is 4.74 Å². The third kappa shape index (κ3) is 5.19. The summed E-state index contributed by atoms with van der Waals surface area (Å²) in [7, 11) is 1.38. The molecular weight excluding hydrogens is 270 g/mol. The van der Waals surface area contributed by atoms with Crippen molar-refractivity contribution >= 4 is 11.8 Å². The lowest BCUT2D eigenvalue weighted by atomic mass is 10.1. The topological polar surface area (TPSA) is 55.8 Å². The number of nitrogens with zero attached hydrogens (tertiary/aromatic N) is 1. The number of hydrogen-bond acceptors (Lipinski definition) is 5. The lowest BCUT2D eigenvalue weighted by molar-refractivity contribution is -0.139. The van der Waals surface area contributed by atoms with Crippen LogP contribution < -0.4 is 4.74 Å². The van der Waals surface area contributed by atoms with Gasteiger partial charge in [-0.25, -0.2) is 0 Å². The number of methoxy groups -OCH3 is 1. The van der Waals surface area contributed by atoms with Gasteiger partial charge in [0, 0.05) is 32.5 Å². The molecular formula is C16H21NO4. The third-order valence-electron chi connectivity index (χ3n) is 3.59. The number of esters is 1. The molecule has 0 bridgehead atoms. The molecule has 0 spiro atoms. The smallest absolute Gasteiger partial charge is 0.309 e. The van der Waals surface area contributed by atoms with E-state index in [1.54, 1.807) is 0 Å². The predicted octanol–water partition coefficient (Wildman–Crippen LogP) is 1.45. The van der Waals surface area contributed by atoms with Gasteiger partial charge in [0.25, 0.3) is 0 Å². The molecule has 0 radical (unpaired) electrons. The number of likely N-dealkylation sites (tertiary alicyclic amines) is 1. The number of ether oxygens (including phenoxy) is 2. The van der Waals surface area contributed by atoms with Gasteiger partial charge < -0.3 is 9.47 Å². The fourth-order valence-electron chi connectivity index (χ4n) is 2.26. The minimum absolute atomic E-state index is 0.247. The Hall–Kier alpha value is -1.88. The van der Waals surface area contributed by atoms with Crippen LogP contribution in [0.5, 0.6) is 5.75 Å². The summed E-state index contributed by atoms with van der Waals surface area (Å²) in [5.74, 6) is 0.897. The minimum Gasteiger partial charge on any atom is -0.492 e. The number of piperidine rings is 1. The predicted molar refractivity (Wildman–Crippen MR) is 78.3 cm³/mol. The third-order valence-corrected chi connectivity index (χ3v) is 3.59. The van der Waals surface area contributed by atoms with Gasteiger partial charge in [-0.3, -0.25) is 14.5 Å². The second kappa shape index (κ2) is 7.78. The summed E-state index contributed by atoms with van der Waals surface area (Å²) < 4.78 is 10.3. The Bertz CT molecular complexity index is 474. The number of benzene rings is 1. The van der Waals surface area contributed by atoms with Crippen LogP contribution in [0.25, 0.3) is 0 Å². The summed E-state index contributed by atoms with van der Waals surface area (Å²) in [6.45, 7) is 3.10. The Labute approximate surface area is 124 Å². The fraction of sp³-hybridized carbons (Fsp3) is 0.500. The molecule has 0 N–H and O–H groups in total. The van der Waals surface area contributed by atoms with Crippen molar-refractivity contribution < 1.29 is 19.1 Å². The Morgan fingerprint density at radius 3 is 2.48 bits per heavy atom. The maximum absolute atomic E-state index is 11.2. The Kier molecular flexibility index (Phi) is 5.75. The van der Waals surface area contributed by atoms with E-state index in [1.807, 2.05) is 24.3 Å². The van der Waals surface area contributed by atoms with Crippen LogP contribution in [0.15, 0.2) is 24.3 Å². The van der Waals surface area contributed by atoms with Crippen LogP contribution >= 0.6 is 0 Å². The van der Waals surface area contributed by atoms with Crippen molar-refractivity contribution in [3.05, 3.63) is 29.8 Å². The average molecular weight is 291 g/mol. The molecule has 0 atom stereocenters. The van der Waals surface area contributed by atoms with Crippen molar-refractivity contribution in [2.75, 3.05) is 33.4 Å². The van der Waals surface area contributed by atoms with Gasteiger partial charge in [0.15, 0.2) is 0 Å². The van der Waals surface area contributed by atoms with Crippen molar-refractivity contribution in [2.24, 2.45) is 0 Å². The van der Waals surface area contributed by atoms with Crippen LogP contribution in [-0.2, 0) is 20.7 Å². The molecule has 0 aromatic heterocycles. The SMILES string of the molecule is COC(=O)Cc1ccc(OCCN2CCC(=O)CC2)cc1. The zero-order chi connectivity index (χ0) is 15.1. The Morgan fingerprint density at radius 1 is 1.19 bits per heavy atom. The van der Waals surface area contributed by atoms with E-state index >= 15 is 0 Å². The fourth-order valence-corrected chi connectivity index (χ4v) is 2.26. The van der Waals surface area contributed by atoms with Gasteiger partial charge >= 0.3 is 5.97 Å². The highest BCUT2D eigenvalue weighted by molar-refractivity contribution is 5.79. The Balaban J connectivity index is 1.71. The quantitative estimate of drug-likeness (QED) is 0.742. The van der Waals surface area contributed by atoms with E-state index in [-0.39, 0.29) is 12.4 Å². The molecule has 5 nitrogen and oxygen atoms in total. The molecule has 0 aliphatic carbocycles. The molecule has 5 heteroatoms. The molecule has 1 aliphatic heterocycles. The summed E-state index contributed by atoms with van der Waals surface area (Å²) in [6, 6.07) is 7.45. The molecule has 1 heterocycles. The summed E-state index contributed by atoms with van der Waals surface area (Å²) in [5.41, 5.74) is 0.906. The highest BCUT2D eigenvalue weighted by Gasteiger charge is 2.15. The number of ketones is 1. The van der Waals surface area contributed by atoms with E-state index in [1.165, 1.54) is 7.11 Å². The normalized spacial score (nSPS) is 15.8. The standard InChI is InChI=1S/C16H21NO4/c1-20-16(19)12-13-2-4-15(5-3-13)21-11-10-17-8-6-14(18)7-9-17/h2-5H,6-12H2,1H3. The maximum atomic E-state index is 11.2. The van der Waals surface area contributed by atoms with Gasteiger partial charge in [0.2, 0.25) is 0 Å². The van der Waals surface area contributed by atoms with E-state index < -0.39 is 0 Å². The zero-order valence-electron chi connectivity index (χ0n) is 12.3. The van der Waals surface area contributed by atoms with Crippen LogP contribution in [0.4, 0.5) is 0 Å². The molecule has 1 aromatic carbocycles. The van der Waals surface area contributed by atoms with Crippen LogP contribution in [0, 0.1) is 0 Å². The number of Topliss-reactive ketones (excluding diaryl/α,β-unsaturated/α-hetero) is 1. The van der Waals surface area contributed by atoms with Gasteiger partial charge in [0.1, 0.15) is 18.1 Å². The average Bonchev–Trinajstić information content (AvgIpc) is 2.51. The number of carbonyl (C=O) groups is 2. The van der Waals surface area contributed by atoms with Gasteiger partial charge in [0.05, 0.1) is 13.5 Å². The molecule has 2 rings (SSSR count). The molecule has 1 fully saturated rings. The van der Waals surface area contributed by atoms with Crippen LogP contribution in [0.2, 0.25) is 0 Å².